The Labute approximate surface area is 238 Å². The fraction of sp³-hybridized carbons (Fsp3) is 0.394. The second kappa shape index (κ2) is 15.6. The molecule has 40 heavy (non-hydrogen) atoms. The molecule has 7 heteroatoms. The van der Waals surface area contributed by atoms with Crippen LogP contribution in [0.2, 0.25) is 0 Å². The molecule has 2 N–H and O–H groups in total. The van der Waals surface area contributed by atoms with Crippen molar-refractivity contribution >= 4 is 17.7 Å². The largest absolute Gasteiger partial charge is 0.476 e. The molecule has 0 aliphatic heterocycles. The molecule has 0 aromatic heterocycles. The molecule has 0 bridgehead atoms. The summed E-state index contributed by atoms with van der Waals surface area (Å²) in [7, 11) is 0. The van der Waals surface area contributed by atoms with Gasteiger partial charge in [-0.1, -0.05) is 81.5 Å². The first kappa shape index (κ1) is 30.5. The molecule has 0 fully saturated rings. The maximum absolute atomic E-state index is 13.2. The van der Waals surface area contributed by atoms with Crippen molar-refractivity contribution < 1.29 is 23.8 Å². The maximum atomic E-state index is 13.2. The lowest BCUT2D eigenvalue weighted by Gasteiger charge is -2.25. The molecule has 1 atom stereocenters. The Morgan fingerprint density at radius 2 is 1.48 bits per heavy atom. The lowest BCUT2D eigenvalue weighted by molar-refractivity contribution is -0.158. The summed E-state index contributed by atoms with van der Waals surface area (Å²) in [5, 5.41) is 6.10. The molecule has 0 aliphatic carbocycles. The molecule has 1 unspecified atom stereocenters. The van der Waals surface area contributed by atoms with E-state index in [0.29, 0.717) is 29.5 Å². The topological polar surface area (TPSA) is 85.9 Å². The molecule has 0 aliphatic rings. The number of esters is 1. The minimum atomic E-state index is -1.11. The van der Waals surface area contributed by atoms with E-state index in [-0.39, 0.29) is 12.1 Å². The van der Waals surface area contributed by atoms with Crippen molar-refractivity contribution in [2.24, 2.45) is 0 Å². The lowest BCUT2D eigenvalue weighted by Crippen LogP contribution is -2.39. The molecule has 214 valence electrons. The van der Waals surface area contributed by atoms with E-state index in [0.717, 1.165) is 24.8 Å². The molecule has 3 rings (SSSR count). The van der Waals surface area contributed by atoms with Gasteiger partial charge in [0.1, 0.15) is 11.5 Å². The van der Waals surface area contributed by atoms with Crippen LogP contribution in [0.25, 0.3) is 0 Å². The second-order valence-electron chi connectivity index (χ2n) is 10.2. The van der Waals surface area contributed by atoms with Crippen molar-refractivity contribution in [3.63, 3.8) is 0 Å². The average Bonchev–Trinajstić information content (AvgIpc) is 2.94. The lowest BCUT2D eigenvalue weighted by atomic mass is 9.99. The fourth-order valence-electron chi connectivity index (χ4n) is 4.27. The van der Waals surface area contributed by atoms with Crippen LogP contribution >= 0.6 is 0 Å². The first-order valence-electron chi connectivity index (χ1n) is 14.2. The van der Waals surface area contributed by atoms with E-state index < -0.39 is 11.6 Å². The summed E-state index contributed by atoms with van der Waals surface area (Å²) in [5.41, 5.74) is 0.431. The molecule has 3 aromatic carbocycles. The summed E-state index contributed by atoms with van der Waals surface area (Å²) in [6.45, 7) is 7.62. The monoisotopic (exact) mass is 546 g/mol. The highest BCUT2D eigenvalue weighted by Crippen LogP contribution is 2.30. The number of rotatable bonds is 15. The molecular formula is C33H42N2O5. The van der Waals surface area contributed by atoms with Crippen molar-refractivity contribution in [1.82, 2.24) is 5.32 Å². The van der Waals surface area contributed by atoms with Crippen molar-refractivity contribution in [2.45, 2.75) is 77.9 Å². The number of benzene rings is 3. The number of hydrogen-bond acceptors (Lipinski definition) is 5. The molecule has 0 saturated carbocycles. The molecule has 7 nitrogen and oxygen atoms in total. The number of carbonyl (C=O) groups excluding carboxylic acids is 2. The molecule has 0 radical (unpaired) electrons. The van der Waals surface area contributed by atoms with E-state index in [4.69, 9.17) is 14.2 Å². The van der Waals surface area contributed by atoms with Crippen LogP contribution in [0.3, 0.4) is 0 Å². The minimum absolute atomic E-state index is 0.198. The van der Waals surface area contributed by atoms with Gasteiger partial charge < -0.3 is 24.8 Å². The smallest absolute Gasteiger partial charge is 0.349 e. The average molecular weight is 547 g/mol. The normalized spacial score (nSPS) is 11.8. The molecule has 0 spiro atoms. The van der Waals surface area contributed by atoms with E-state index >= 15 is 0 Å². The summed E-state index contributed by atoms with van der Waals surface area (Å²) in [4.78, 5) is 25.4. The number of para-hydroxylation sites is 3. The highest BCUT2D eigenvalue weighted by molar-refractivity contribution is 5.91. The van der Waals surface area contributed by atoms with Gasteiger partial charge >= 0.3 is 12.0 Å². The Hall–Kier alpha value is -4.00. The van der Waals surface area contributed by atoms with Crippen LogP contribution in [0.5, 0.6) is 17.2 Å². The minimum Gasteiger partial charge on any atom is -0.476 e. The number of anilines is 1. The number of unbranched alkanes of at least 4 members (excludes halogenated alkanes) is 4. The number of hydrogen-bond donors (Lipinski definition) is 2. The van der Waals surface area contributed by atoms with Gasteiger partial charge in [-0.15, -0.1) is 0 Å². The van der Waals surface area contributed by atoms with Crippen LogP contribution in [-0.4, -0.2) is 24.2 Å². The first-order valence-corrected chi connectivity index (χ1v) is 14.2. The SMILES string of the molecule is CCCCCCCC(NC(=O)Nc1ccccc1Oc1ccccc1)c1ccc(OC(C)(C)C(=O)OCC)cc1. The van der Waals surface area contributed by atoms with Gasteiger partial charge in [0, 0.05) is 0 Å². The Kier molecular flexibility index (Phi) is 11.9. The predicted octanol–water partition coefficient (Wildman–Crippen LogP) is 8.42. The van der Waals surface area contributed by atoms with Crippen LogP contribution in [0.4, 0.5) is 10.5 Å². The standard InChI is InChI=1S/C33H42N2O5/c1-5-7-8-9-13-18-28(25-21-23-27(24-22-25)40-33(3,4)31(36)38-6-2)34-32(37)35-29-19-14-15-20-30(29)39-26-16-11-10-12-17-26/h10-12,14-17,19-24,28H,5-9,13,18H2,1-4H3,(H2,34,35,37). The van der Waals surface area contributed by atoms with E-state index in [2.05, 4.69) is 17.6 Å². The third-order valence-electron chi connectivity index (χ3n) is 6.43. The zero-order valence-electron chi connectivity index (χ0n) is 24.1. The zero-order chi connectivity index (χ0) is 28.8. The number of ether oxygens (including phenoxy) is 3. The van der Waals surface area contributed by atoms with Gasteiger partial charge in [-0.05, 0) is 69.2 Å². The predicted molar refractivity (Wildman–Crippen MR) is 159 cm³/mol. The van der Waals surface area contributed by atoms with Gasteiger partial charge in [-0.25, -0.2) is 9.59 Å². The Bertz CT molecular complexity index is 1190. The molecule has 0 saturated heterocycles. The maximum Gasteiger partial charge on any atom is 0.349 e. The number of amides is 2. The number of carbonyl (C=O) groups is 2. The van der Waals surface area contributed by atoms with E-state index in [1.165, 1.54) is 19.3 Å². The summed E-state index contributed by atoms with van der Waals surface area (Å²) in [6, 6.07) is 23.8. The summed E-state index contributed by atoms with van der Waals surface area (Å²) < 4.78 is 17.0. The van der Waals surface area contributed by atoms with Gasteiger partial charge in [0.15, 0.2) is 11.4 Å². The van der Waals surface area contributed by atoms with Gasteiger partial charge in [-0.2, -0.15) is 0 Å². The van der Waals surface area contributed by atoms with E-state index in [1.807, 2.05) is 78.9 Å². The summed E-state index contributed by atoms with van der Waals surface area (Å²) >= 11 is 0. The molecule has 3 aromatic rings. The molecule has 2 amide bonds. The van der Waals surface area contributed by atoms with Crippen molar-refractivity contribution in [2.75, 3.05) is 11.9 Å². The number of urea groups is 1. The fourth-order valence-corrected chi connectivity index (χ4v) is 4.27. The zero-order valence-corrected chi connectivity index (χ0v) is 24.1. The van der Waals surface area contributed by atoms with Crippen LogP contribution < -0.4 is 20.1 Å². The molecule has 0 heterocycles. The van der Waals surface area contributed by atoms with Gasteiger partial charge in [0.05, 0.1) is 18.3 Å². The number of nitrogens with one attached hydrogen (secondary N) is 2. The van der Waals surface area contributed by atoms with Crippen molar-refractivity contribution in [3.05, 3.63) is 84.4 Å². The van der Waals surface area contributed by atoms with Crippen LogP contribution in [0.15, 0.2) is 78.9 Å². The summed E-state index contributed by atoms with van der Waals surface area (Å²) in [6.07, 6.45) is 6.46. The summed E-state index contributed by atoms with van der Waals surface area (Å²) in [5.74, 6) is 1.39. The highest BCUT2D eigenvalue weighted by atomic mass is 16.6. The van der Waals surface area contributed by atoms with E-state index in [9.17, 15) is 9.59 Å². The third kappa shape index (κ3) is 9.63. The highest BCUT2D eigenvalue weighted by Gasteiger charge is 2.31. The van der Waals surface area contributed by atoms with Gasteiger partial charge in [0.2, 0.25) is 0 Å². The van der Waals surface area contributed by atoms with Crippen LogP contribution in [-0.2, 0) is 9.53 Å². The quantitative estimate of drug-likeness (QED) is 0.148. The Balaban J connectivity index is 1.70. The van der Waals surface area contributed by atoms with Gasteiger partial charge in [0.25, 0.3) is 0 Å². The first-order chi connectivity index (χ1) is 19.3. The Morgan fingerprint density at radius 1 is 0.800 bits per heavy atom. The van der Waals surface area contributed by atoms with Crippen LogP contribution in [0.1, 0.15) is 77.8 Å². The van der Waals surface area contributed by atoms with Crippen LogP contribution in [0, 0.1) is 0 Å². The van der Waals surface area contributed by atoms with Gasteiger partial charge in [-0.3, -0.25) is 0 Å². The second-order valence-corrected chi connectivity index (χ2v) is 10.2. The van der Waals surface area contributed by atoms with Crippen molar-refractivity contribution in [3.8, 4) is 17.2 Å². The molecular weight excluding hydrogens is 504 g/mol. The van der Waals surface area contributed by atoms with E-state index in [1.54, 1.807) is 20.8 Å². The van der Waals surface area contributed by atoms with Crippen molar-refractivity contribution in [1.29, 1.82) is 0 Å². The Morgan fingerprint density at radius 3 is 2.17 bits per heavy atom. The third-order valence-corrected chi connectivity index (χ3v) is 6.43.